The van der Waals surface area contributed by atoms with Gasteiger partial charge in [-0.2, -0.15) is 0 Å². The fourth-order valence-corrected chi connectivity index (χ4v) is 3.73. The molecule has 2 nitrogen and oxygen atoms in total. The molecule has 0 atom stereocenters. The molecule has 0 aromatic carbocycles. The lowest BCUT2D eigenvalue weighted by molar-refractivity contribution is 1.21. The first kappa shape index (κ1) is 14.6. The Morgan fingerprint density at radius 1 is 1.11 bits per heavy atom. The number of rotatable bonds is 2. The lowest BCUT2D eigenvalue weighted by Gasteiger charge is -2.12. The van der Waals surface area contributed by atoms with Crippen LogP contribution in [0.15, 0.2) is 32.3 Å². The second-order valence-corrected chi connectivity index (χ2v) is 6.56. The van der Waals surface area contributed by atoms with Crippen molar-refractivity contribution in [1.29, 1.82) is 0 Å². The third-order valence-electron chi connectivity index (χ3n) is 2.24. The van der Waals surface area contributed by atoms with Gasteiger partial charge >= 0.3 is 0 Å². The maximum absolute atomic E-state index is 6.13. The molecule has 0 N–H and O–H groups in total. The van der Waals surface area contributed by atoms with Gasteiger partial charge < -0.3 is 0 Å². The summed E-state index contributed by atoms with van der Waals surface area (Å²) in [4.78, 5) is 9.04. The maximum Gasteiger partial charge on any atom is 0.143 e. The molecule has 0 fully saturated rings. The molecule has 0 amide bonds. The van der Waals surface area contributed by atoms with Crippen molar-refractivity contribution in [2.45, 2.75) is 4.90 Å². The highest BCUT2D eigenvalue weighted by molar-refractivity contribution is 9.11. The molecule has 0 spiro atoms. The van der Waals surface area contributed by atoms with Crippen LogP contribution in [0.5, 0.6) is 0 Å². The lowest BCUT2D eigenvalue weighted by Crippen LogP contribution is -1.91. The van der Waals surface area contributed by atoms with Crippen LogP contribution < -0.4 is 0 Å². The zero-order valence-electron chi connectivity index (χ0n) is 9.05. The fraction of sp³-hybridized carbons (Fsp3) is 0.0909. The molecule has 0 aliphatic heterocycles. The van der Waals surface area contributed by atoms with Crippen LogP contribution in [0.4, 0.5) is 0 Å². The highest BCUT2D eigenvalue weighted by Gasteiger charge is 2.16. The van der Waals surface area contributed by atoms with Gasteiger partial charge in [-0.25, -0.2) is 9.97 Å². The van der Waals surface area contributed by atoms with Gasteiger partial charge in [0.2, 0.25) is 0 Å². The van der Waals surface area contributed by atoms with Gasteiger partial charge in [0, 0.05) is 32.5 Å². The summed E-state index contributed by atoms with van der Waals surface area (Å²) >= 11 is 20.6. The summed E-state index contributed by atoms with van der Waals surface area (Å²) in [5.41, 5.74) is 1.88. The van der Waals surface area contributed by atoms with Crippen molar-refractivity contribution in [2.75, 3.05) is 6.26 Å². The molecule has 0 radical (unpaired) electrons. The van der Waals surface area contributed by atoms with Gasteiger partial charge in [0.15, 0.2) is 0 Å². The summed E-state index contributed by atoms with van der Waals surface area (Å²) in [5, 5.41) is 0.903. The Morgan fingerprint density at radius 2 is 1.78 bits per heavy atom. The molecule has 2 heterocycles. The van der Waals surface area contributed by atoms with Crippen molar-refractivity contribution in [1.82, 2.24) is 9.97 Å². The number of halogens is 4. The van der Waals surface area contributed by atoms with Crippen molar-refractivity contribution in [3.63, 3.8) is 0 Å². The van der Waals surface area contributed by atoms with Crippen molar-refractivity contribution < 1.29 is 0 Å². The maximum atomic E-state index is 6.13. The van der Waals surface area contributed by atoms with E-state index >= 15 is 0 Å². The van der Waals surface area contributed by atoms with Gasteiger partial charge in [-0.3, -0.25) is 0 Å². The molecule has 94 valence electrons. The van der Waals surface area contributed by atoms with Crippen molar-refractivity contribution in [2.24, 2.45) is 0 Å². The average Bonchev–Trinajstić information content (AvgIpc) is 2.35. The molecule has 2 aromatic rings. The molecule has 2 aromatic heterocycles. The van der Waals surface area contributed by atoms with E-state index in [-0.39, 0.29) is 0 Å². The molecule has 2 rings (SSSR count). The number of pyridine rings is 2. The second kappa shape index (κ2) is 6.09. The Labute approximate surface area is 136 Å². The Bertz CT molecular complexity index is 608. The molecule has 0 unspecified atom stereocenters. The summed E-state index contributed by atoms with van der Waals surface area (Å²) in [7, 11) is 0. The first-order valence-corrected chi connectivity index (χ1v) is 8.30. The SMILES string of the molecule is CSc1c(Cl)ncc(Br)c1-c1cc(Cl)ncc1Br. The quantitative estimate of drug-likeness (QED) is 0.453. The summed E-state index contributed by atoms with van der Waals surface area (Å²) in [5.74, 6) is 0. The minimum atomic E-state index is 0.431. The molecule has 0 saturated carbocycles. The van der Waals surface area contributed by atoms with Gasteiger partial charge in [0.1, 0.15) is 10.3 Å². The van der Waals surface area contributed by atoms with Crippen LogP contribution in [0.25, 0.3) is 11.1 Å². The third-order valence-corrected chi connectivity index (χ3v) is 4.88. The van der Waals surface area contributed by atoms with Crippen molar-refractivity contribution in [3.05, 3.63) is 37.7 Å². The van der Waals surface area contributed by atoms with Gasteiger partial charge in [-0.15, -0.1) is 11.8 Å². The van der Waals surface area contributed by atoms with E-state index in [2.05, 4.69) is 41.8 Å². The molecule has 0 saturated heterocycles. The Hall–Kier alpha value is 0.190. The zero-order chi connectivity index (χ0) is 13.3. The van der Waals surface area contributed by atoms with Crippen LogP contribution in [-0.2, 0) is 0 Å². The van der Waals surface area contributed by atoms with Gasteiger partial charge in [-0.05, 0) is 44.2 Å². The highest BCUT2D eigenvalue weighted by Crippen LogP contribution is 2.42. The molecular weight excluding hydrogens is 423 g/mol. The monoisotopic (exact) mass is 426 g/mol. The van der Waals surface area contributed by atoms with E-state index in [1.807, 2.05) is 6.26 Å². The number of hydrogen-bond donors (Lipinski definition) is 0. The molecule has 0 bridgehead atoms. The Balaban J connectivity index is 2.77. The second-order valence-electron chi connectivity index (χ2n) is 3.29. The van der Waals surface area contributed by atoms with E-state index in [4.69, 9.17) is 23.2 Å². The summed E-state index contributed by atoms with van der Waals surface area (Å²) < 4.78 is 1.71. The van der Waals surface area contributed by atoms with Crippen LogP contribution in [-0.4, -0.2) is 16.2 Å². The van der Waals surface area contributed by atoms with Crippen molar-refractivity contribution >= 4 is 66.8 Å². The smallest absolute Gasteiger partial charge is 0.143 e. The van der Waals surface area contributed by atoms with E-state index in [0.717, 1.165) is 25.0 Å². The van der Waals surface area contributed by atoms with E-state index in [0.29, 0.717) is 10.3 Å². The topological polar surface area (TPSA) is 25.8 Å². The number of hydrogen-bond acceptors (Lipinski definition) is 3. The Kier molecular flexibility index (Phi) is 4.94. The largest absolute Gasteiger partial charge is 0.243 e. The van der Waals surface area contributed by atoms with Gasteiger partial charge in [0.25, 0.3) is 0 Å². The lowest BCUT2D eigenvalue weighted by atomic mass is 10.1. The molecule has 18 heavy (non-hydrogen) atoms. The first-order valence-electron chi connectivity index (χ1n) is 4.74. The first-order chi connectivity index (χ1) is 8.54. The standard InChI is InChI=1S/C11H6Br2Cl2N2S/c1-18-10-9(7(13)4-17-11(10)15)5-2-8(14)16-3-6(5)12/h2-4H,1H3. The van der Waals surface area contributed by atoms with Gasteiger partial charge in [-0.1, -0.05) is 23.2 Å². The van der Waals surface area contributed by atoms with E-state index in [9.17, 15) is 0 Å². The number of nitrogens with zero attached hydrogens (tertiary/aromatic N) is 2. The fourth-order valence-electron chi connectivity index (χ4n) is 1.49. The molecular formula is C11H6Br2Cl2N2S. The van der Waals surface area contributed by atoms with Crippen LogP contribution in [0, 0.1) is 0 Å². The minimum Gasteiger partial charge on any atom is -0.243 e. The normalized spacial score (nSPS) is 10.7. The summed E-state index contributed by atoms with van der Waals surface area (Å²) in [6, 6.07) is 1.79. The summed E-state index contributed by atoms with van der Waals surface area (Å²) in [6.45, 7) is 0. The average molecular weight is 429 g/mol. The number of aromatic nitrogens is 2. The molecule has 7 heteroatoms. The minimum absolute atomic E-state index is 0.431. The van der Waals surface area contributed by atoms with Crippen LogP contribution >= 0.6 is 66.8 Å². The third kappa shape index (κ3) is 2.85. The van der Waals surface area contributed by atoms with Crippen molar-refractivity contribution in [3.8, 4) is 11.1 Å². The predicted octanol–water partition coefficient (Wildman–Crippen LogP) is 5.70. The van der Waals surface area contributed by atoms with Crippen LogP contribution in [0.2, 0.25) is 10.3 Å². The van der Waals surface area contributed by atoms with Crippen LogP contribution in [0.3, 0.4) is 0 Å². The zero-order valence-corrected chi connectivity index (χ0v) is 14.5. The van der Waals surface area contributed by atoms with Gasteiger partial charge in [0.05, 0.1) is 4.90 Å². The highest BCUT2D eigenvalue weighted by atomic mass is 79.9. The molecule has 0 aliphatic rings. The molecule has 0 aliphatic carbocycles. The summed E-state index contributed by atoms with van der Waals surface area (Å²) in [6.07, 6.45) is 5.30. The van der Waals surface area contributed by atoms with E-state index in [1.165, 1.54) is 11.8 Å². The predicted molar refractivity (Wildman–Crippen MR) is 84.7 cm³/mol. The van der Waals surface area contributed by atoms with E-state index in [1.54, 1.807) is 18.5 Å². The van der Waals surface area contributed by atoms with Crippen LogP contribution in [0.1, 0.15) is 0 Å². The number of thioether (sulfide) groups is 1. The van der Waals surface area contributed by atoms with E-state index < -0.39 is 0 Å². The Morgan fingerprint density at radius 3 is 2.44 bits per heavy atom.